The van der Waals surface area contributed by atoms with Crippen molar-refractivity contribution in [2.24, 2.45) is 5.73 Å². The van der Waals surface area contributed by atoms with E-state index < -0.39 is 11.7 Å². The fourth-order valence-electron chi connectivity index (χ4n) is 1.71. The third kappa shape index (κ3) is 3.48. The highest BCUT2D eigenvalue weighted by Crippen LogP contribution is 2.31. The van der Waals surface area contributed by atoms with Gasteiger partial charge in [-0.05, 0) is 42.8 Å². The minimum atomic E-state index is -4.35. The molecule has 1 aromatic heterocycles. The van der Waals surface area contributed by atoms with Gasteiger partial charge in [0.15, 0.2) is 0 Å². The number of nitrogens with zero attached hydrogens (tertiary/aromatic N) is 1. The Morgan fingerprint density at radius 2 is 1.80 bits per heavy atom. The van der Waals surface area contributed by atoms with E-state index in [0.29, 0.717) is 18.2 Å². The van der Waals surface area contributed by atoms with Crippen LogP contribution in [0.15, 0.2) is 36.4 Å². The van der Waals surface area contributed by atoms with Crippen molar-refractivity contribution >= 4 is 0 Å². The van der Waals surface area contributed by atoms with Crippen LogP contribution in [0.3, 0.4) is 0 Å². The van der Waals surface area contributed by atoms with E-state index in [-0.39, 0.29) is 0 Å². The molecule has 0 spiro atoms. The Bertz CT molecular complexity index is 594. The number of rotatable bonds is 3. The zero-order chi connectivity index (χ0) is 14.8. The summed E-state index contributed by atoms with van der Waals surface area (Å²) < 4.78 is 42.7. The van der Waals surface area contributed by atoms with Crippen molar-refractivity contribution in [1.82, 2.24) is 4.98 Å². The summed E-state index contributed by atoms with van der Waals surface area (Å²) in [5.74, 6) is 0.601. The number of aromatic nitrogens is 1. The van der Waals surface area contributed by atoms with Crippen molar-refractivity contribution in [2.45, 2.75) is 19.6 Å². The van der Waals surface area contributed by atoms with Gasteiger partial charge in [0.2, 0.25) is 5.88 Å². The minimum Gasteiger partial charge on any atom is -0.439 e. The summed E-state index contributed by atoms with van der Waals surface area (Å²) in [6.07, 6.45) is -4.35. The second-order valence-electron chi connectivity index (χ2n) is 4.28. The summed E-state index contributed by atoms with van der Waals surface area (Å²) in [6, 6.07) is 7.93. The third-order valence-corrected chi connectivity index (χ3v) is 2.63. The molecule has 1 aromatic carbocycles. The number of nitrogens with two attached hydrogens (primary N) is 1. The molecule has 2 aromatic rings. The number of hydrogen-bond acceptors (Lipinski definition) is 3. The van der Waals surface area contributed by atoms with Crippen LogP contribution in [0.1, 0.15) is 16.8 Å². The fraction of sp³-hybridized carbons (Fsp3) is 0.214. The molecule has 0 bridgehead atoms. The summed E-state index contributed by atoms with van der Waals surface area (Å²) in [6.45, 7) is 2.13. The summed E-state index contributed by atoms with van der Waals surface area (Å²) in [5, 5.41) is 0. The third-order valence-electron chi connectivity index (χ3n) is 2.63. The Morgan fingerprint density at radius 1 is 1.15 bits per heavy atom. The lowest BCUT2D eigenvalue weighted by Crippen LogP contribution is -2.04. The molecule has 0 radical (unpaired) electrons. The van der Waals surface area contributed by atoms with Crippen molar-refractivity contribution in [1.29, 1.82) is 0 Å². The van der Waals surface area contributed by atoms with E-state index in [9.17, 15) is 13.2 Å². The zero-order valence-corrected chi connectivity index (χ0v) is 10.7. The quantitative estimate of drug-likeness (QED) is 0.934. The van der Waals surface area contributed by atoms with Gasteiger partial charge in [-0.2, -0.15) is 13.2 Å². The number of hydrogen-bond donors (Lipinski definition) is 1. The Labute approximate surface area is 114 Å². The van der Waals surface area contributed by atoms with Crippen molar-refractivity contribution < 1.29 is 17.9 Å². The van der Waals surface area contributed by atoms with Crippen LogP contribution in [0.25, 0.3) is 0 Å². The minimum absolute atomic E-state index is 0.291. The van der Waals surface area contributed by atoms with Gasteiger partial charge in [0.05, 0.1) is 5.56 Å². The molecule has 0 fully saturated rings. The second-order valence-corrected chi connectivity index (χ2v) is 4.28. The van der Waals surface area contributed by atoms with Crippen molar-refractivity contribution in [2.75, 3.05) is 0 Å². The maximum atomic E-state index is 12.4. The van der Waals surface area contributed by atoms with Crippen LogP contribution in [0.2, 0.25) is 0 Å². The van der Waals surface area contributed by atoms with Crippen LogP contribution in [0.5, 0.6) is 11.6 Å². The Kier molecular flexibility index (Phi) is 3.94. The van der Waals surface area contributed by atoms with E-state index in [4.69, 9.17) is 10.5 Å². The molecule has 0 aliphatic rings. The topological polar surface area (TPSA) is 48.1 Å². The highest BCUT2D eigenvalue weighted by molar-refractivity contribution is 5.33. The van der Waals surface area contributed by atoms with Gasteiger partial charge < -0.3 is 10.5 Å². The van der Waals surface area contributed by atoms with Crippen LogP contribution >= 0.6 is 0 Å². The van der Waals surface area contributed by atoms with Crippen molar-refractivity contribution in [3.05, 3.63) is 53.2 Å². The monoisotopic (exact) mass is 282 g/mol. The summed E-state index contributed by atoms with van der Waals surface area (Å²) in [4.78, 5) is 4.15. The van der Waals surface area contributed by atoms with Crippen LogP contribution in [-0.4, -0.2) is 4.98 Å². The van der Waals surface area contributed by atoms with E-state index >= 15 is 0 Å². The SMILES string of the molecule is Cc1cc(CN)cc(Oc2ccc(C(F)(F)F)cc2)n1. The molecule has 0 saturated carbocycles. The van der Waals surface area contributed by atoms with Gasteiger partial charge in [-0.15, -0.1) is 0 Å². The molecular formula is C14H13F3N2O. The molecule has 1 heterocycles. The standard InChI is InChI=1S/C14H13F3N2O/c1-9-6-10(8-18)7-13(19-9)20-12-4-2-11(3-5-12)14(15,16)17/h2-7H,8,18H2,1H3. The number of benzene rings is 1. The lowest BCUT2D eigenvalue weighted by Gasteiger charge is -2.09. The van der Waals surface area contributed by atoms with E-state index in [0.717, 1.165) is 23.4 Å². The fourth-order valence-corrected chi connectivity index (χ4v) is 1.71. The summed E-state index contributed by atoms with van der Waals surface area (Å²) in [7, 11) is 0. The predicted molar refractivity (Wildman–Crippen MR) is 68.4 cm³/mol. The zero-order valence-electron chi connectivity index (χ0n) is 10.7. The molecule has 0 aliphatic carbocycles. The van der Waals surface area contributed by atoms with E-state index in [2.05, 4.69) is 4.98 Å². The van der Waals surface area contributed by atoms with Gasteiger partial charge >= 0.3 is 6.18 Å². The highest BCUT2D eigenvalue weighted by atomic mass is 19.4. The average molecular weight is 282 g/mol. The van der Waals surface area contributed by atoms with Gasteiger partial charge in [-0.1, -0.05) is 0 Å². The predicted octanol–water partition coefficient (Wildman–Crippen LogP) is 3.66. The van der Waals surface area contributed by atoms with Gasteiger partial charge in [0.25, 0.3) is 0 Å². The molecule has 3 nitrogen and oxygen atoms in total. The molecule has 0 amide bonds. The smallest absolute Gasteiger partial charge is 0.416 e. The van der Waals surface area contributed by atoms with Gasteiger partial charge in [-0.3, -0.25) is 0 Å². The second kappa shape index (κ2) is 5.50. The molecular weight excluding hydrogens is 269 g/mol. The lowest BCUT2D eigenvalue weighted by molar-refractivity contribution is -0.137. The average Bonchev–Trinajstić information content (AvgIpc) is 2.37. The Morgan fingerprint density at radius 3 is 2.35 bits per heavy atom. The van der Waals surface area contributed by atoms with E-state index in [1.54, 1.807) is 13.0 Å². The number of alkyl halides is 3. The number of pyridine rings is 1. The molecule has 0 aliphatic heterocycles. The number of ether oxygens (including phenoxy) is 1. The summed E-state index contributed by atoms with van der Waals surface area (Å²) >= 11 is 0. The molecule has 0 unspecified atom stereocenters. The number of aryl methyl sites for hydroxylation is 1. The molecule has 6 heteroatoms. The maximum absolute atomic E-state index is 12.4. The molecule has 0 atom stereocenters. The Hall–Kier alpha value is -2.08. The first-order valence-electron chi connectivity index (χ1n) is 5.91. The molecule has 20 heavy (non-hydrogen) atoms. The summed E-state index contributed by atoms with van der Waals surface area (Å²) in [5.41, 5.74) is 6.40. The van der Waals surface area contributed by atoms with Gasteiger partial charge in [-0.25, -0.2) is 4.98 Å². The lowest BCUT2D eigenvalue weighted by atomic mass is 10.2. The normalized spacial score (nSPS) is 11.4. The van der Waals surface area contributed by atoms with Crippen molar-refractivity contribution in [3.8, 4) is 11.6 Å². The number of halogens is 3. The first kappa shape index (κ1) is 14.3. The largest absolute Gasteiger partial charge is 0.439 e. The maximum Gasteiger partial charge on any atom is 0.416 e. The molecule has 0 saturated heterocycles. The van der Waals surface area contributed by atoms with Crippen LogP contribution in [0, 0.1) is 6.92 Å². The van der Waals surface area contributed by atoms with Crippen molar-refractivity contribution in [3.63, 3.8) is 0 Å². The first-order chi connectivity index (χ1) is 9.38. The molecule has 2 rings (SSSR count). The van der Waals surface area contributed by atoms with Gasteiger partial charge in [0, 0.05) is 18.3 Å². The van der Waals surface area contributed by atoms with Crippen LogP contribution in [0.4, 0.5) is 13.2 Å². The van der Waals surface area contributed by atoms with E-state index in [1.165, 1.54) is 12.1 Å². The van der Waals surface area contributed by atoms with Crippen LogP contribution in [-0.2, 0) is 12.7 Å². The van der Waals surface area contributed by atoms with E-state index in [1.807, 2.05) is 6.07 Å². The van der Waals surface area contributed by atoms with Gasteiger partial charge in [0.1, 0.15) is 5.75 Å². The first-order valence-corrected chi connectivity index (χ1v) is 5.91. The highest BCUT2D eigenvalue weighted by Gasteiger charge is 2.30. The molecule has 106 valence electrons. The van der Waals surface area contributed by atoms with Crippen LogP contribution < -0.4 is 10.5 Å². The molecule has 2 N–H and O–H groups in total. The Balaban J connectivity index is 2.20.